The van der Waals surface area contributed by atoms with Crippen molar-refractivity contribution in [2.45, 2.75) is 26.1 Å². The van der Waals surface area contributed by atoms with Gasteiger partial charge in [-0.15, -0.1) is 0 Å². The van der Waals surface area contributed by atoms with Crippen molar-refractivity contribution in [1.82, 2.24) is 0 Å². The fourth-order valence-electron chi connectivity index (χ4n) is 1.59. The van der Waals surface area contributed by atoms with Gasteiger partial charge in [-0.05, 0) is 31.5 Å². The molecule has 2 nitrogen and oxygen atoms in total. The molecule has 0 saturated carbocycles. The predicted octanol–water partition coefficient (Wildman–Crippen LogP) is 3.92. The summed E-state index contributed by atoms with van der Waals surface area (Å²) in [5.41, 5.74) is 0.586. The van der Waals surface area contributed by atoms with E-state index in [-0.39, 0.29) is 6.04 Å². The van der Waals surface area contributed by atoms with Gasteiger partial charge in [0, 0.05) is 11.4 Å². The van der Waals surface area contributed by atoms with Gasteiger partial charge in [-0.25, -0.2) is 0 Å². The normalized spacial score (nSPS) is 19.8. The summed E-state index contributed by atoms with van der Waals surface area (Å²) in [6, 6.07) is 3.90. The summed E-state index contributed by atoms with van der Waals surface area (Å²) in [4.78, 5) is 4.30. The third kappa shape index (κ3) is 2.98. The monoisotopic (exact) mass is 274 g/mol. The van der Waals surface area contributed by atoms with E-state index >= 15 is 0 Å². The number of benzene rings is 1. The molecule has 1 N–H and O–H groups in total. The summed E-state index contributed by atoms with van der Waals surface area (Å²) >= 11 is 1.52. The van der Waals surface area contributed by atoms with E-state index in [0.717, 1.165) is 23.4 Å². The fraction of sp³-hybridized carbons (Fsp3) is 0.417. The zero-order valence-corrected chi connectivity index (χ0v) is 10.8. The van der Waals surface area contributed by atoms with Crippen molar-refractivity contribution in [1.29, 1.82) is 0 Å². The molecule has 0 saturated heterocycles. The minimum atomic E-state index is -4.32. The number of aryl methyl sites for hydroxylation is 1. The first-order chi connectivity index (χ1) is 8.36. The third-order valence-electron chi connectivity index (χ3n) is 2.61. The summed E-state index contributed by atoms with van der Waals surface area (Å²) < 4.78 is 37.8. The van der Waals surface area contributed by atoms with Crippen LogP contribution in [0.2, 0.25) is 0 Å². The maximum Gasteiger partial charge on any atom is 0.416 e. The van der Waals surface area contributed by atoms with E-state index in [1.165, 1.54) is 17.8 Å². The van der Waals surface area contributed by atoms with Crippen molar-refractivity contribution in [3.05, 3.63) is 29.3 Å². The maximum absolute atomic E-state index is 12.6. The average molecular weight is 274 g/mol. The Morgan fingerprint density at radius 3 is 2.67 bits per heavy atom. The Hall–Kier alpha value is -1.17. The van der Waals surface area contributed by atoms with E-state index in [0.29, 0.717) is 10.9 Å². The highest BCUT2D eigenvalue weighted by Gasteiger charge is 2.31. The van der Waals surface area contributed by atoms with Gasteiger partial charge in [-0.1, -0.05) is 17.8 Å². The van der Waals surface area contributed by atoms with Crippen LogP contribution < -0.4 is 5.32 Å². The van der Waals surface area contributed by atoms with E-state index in [1.54, 1.807) is 6.92 Å². The van der Waals surface area contributed by atoms with Gasteiger partial charge in [0.05, 0.1) is 11.6 Å². The molecule has 0 amide bonds. The number of nitrogens with one attached hydrogen (secondary N) is 1. The molecule has 0 radical (unpaired) electrons. The summed E-state index contributed by atoms with van der Waals surface area (Å²) in [5, 5.41) is 3.65. The number of alkyl halides is 3. The Kier molecular flexibility index (Phi) is 3.56. The number of rotatable bonds is 1. The van der Waals surface area contributed by atoms with Crippen LogP contribution in [0.15, 0.2) is 23.2 Å². The van der Waals surface area contributed by atoms with E-state index in [4.69, 9.17) is 0 Å². The van der Waals surface area contributed by atoms with Crippen molar-refractivity contribution in [2.24, 2.45) is 4.99 Å². The molecule has 98 valence electrons. The fourth-order valence-corrected chi connectivity index (χ4v) is 2.50. The number of halogens is 3. The van der Waals surface area contributed by atoms with Crippen LogP contribution in [0.4, 0.5) is 18.9 Å². The molecule has 1 aliphatic heterocycles. The van der Waals surface area contributed by atoms with Gasteiger partial charge in [-0.2, -0.15) is 13.2 Å². The number of nitrogens with zero attached hydrogens (tertiary/aromatic N) is 1. The number of anilines is 1. The molecule has 2 rings (SSSR count). The molecule has 0 bridgehead atoms. The standard InChI is InChI=1S/C12H13F3N2S/c1-7-3-4-9(12(13,14)15)5-10(7)17-11-16-8(2)6-18-11/h3-5,8H,6H2,1-2H3,(H,16,17). The van der Waals surface area contributed by atoms with E-state index in [9.17, 15) is 13.2 Å². The van der Waals surface area contributed by atoms with Crippen molar-refractivity contribution >= 4 is 22.6 Å². The van der Waals surface area contributed by atoms with Gasteiger partial charge in [0.2, 0.25) is 0 Å². The lowest BCUT2D eigenvalue weighted by atomic mass is 10.1. The Morgan fingerprint density at radius 2 is 2.11 bits per heavy atom. The molecule has 0 aromatic heterocycles. The lowest BCUT2D eigenvalue weighted by Gasteiger charge is -2.12. The Morgan fingerprint density at radius 1 is 1.39 bits per heavy atom. The molecule has 1 aromatic rings. The number of amidine groups is 1. The number of hydrogen-bond acceptors (Lipinski definition) is 3. The lowest BCUT2D eigenvalue weighted by Crippen LogP contribution is -2.10. The van der Waals surface area contributed by atoms with Crippen LogP contribution in [-0.4, -0.2) is 17.0 Å². The van der Waals surface area contributed by atoms with Gasteiger partial charge in [0.25, 0.3) is 0 Å². The summed E-state index contributed by atoms with van der Waals surface area (Å²) in [6.45, 7) is 3.74. The largest absolute Gasteiger partial charge is 0.416 e. The highest BCUT2D eigenvalue weighted by molar-refractivity contribution is 8.14. The lowest BCUT2D eigenvalue weighted by molar-refractivity contribution is -0.137. The first-order valence-electron chi connectivity index (χ1n) is 5.52. The maximum atomic E-state index is 12.6. The molecule has 0 fully saturated rings. The first kappa shape index (κ1) is 13.3. The predicted molar refractivity (Wildman–Crippen MR) is 69.2 cm³/mol. The Balaban J connectivity index is 2.25. The number of thioether (sulfide) groups is 1. The molecule has 1 aliphatic rings. The molecular formula is C12H13F3N2S. The van der Waals surface area contributed by atoms with Crippen molar-refractivity contribution < 1.29 is 13.2 Å². The highest BCUT2D eigenvalue weighted by atomic mass is 32.2. The summed E-state index contributed by atoms with van der Waals surface area (Å²) in [6.07, 6.45) is -4.32. The third-order valence-corrected chi connectivity index (χ3v) is 3.74. The minimum Gasteiger partial charge on any atom is -0.335 e. The van der Waals surface area contributed by atoms with E-state index < -0.39 is 11.7 Å². The molecule has 0 spiro atoms. The second-order valence-corrected chi connectivity index (χ2v) is 5.26. The second-order valence-electron chi connectivity index (χ2n) is 4.25. The first-order valence-corrected chi connectivity index (χ1v) is 6.50. The molecule has 1 unspecified atom stereocenters. The molecule has 0 aliphatic carbocycles. The van der Waals surface area contributed by atoms with Gasteiger partial charge in [0.1, 0.15) is 0 Å². The van der Waals surface area contributed by atoms with Crippen LogP contribution in [0.3, 0.4) is 0 Å². The van der Waals surface area contributed by atoms with E-state index in [1.807, 2.05) is 6.92 Å². The van der Waals surface area contributed by atoms with Crippen molar-refractivity contribution in [2.75, 3.05) is 11.1 Å². The molecule has 6 heteroatoms. The zero-order valence-electron chi connectivity index (χ0n) is 10.0. The van der Waals surface area contributed by atoms with Crippen LogP contribution in [0, 0.1) is 6.92 Å². The van der Waals surface area contributed by atoms with Crippen molar-refractivity contribution in [3.63, 3.8) is 0 Å². The highest BCUT2D eigenvalue weighted by Crippen LogP contribution is 2.32. The quantitative estimate of drug-likeness (QED) is 0.839. The van der Waals surface area contributed by atoms with Crippen LogP contribution in [0.1, 0.15) is 18.1 Å². The molecular weight excluding hydrogens is 261 g/mol. The van der Waals surface area contributed by atoms with Gasteiger partial charge >= 0.3 is 6.18 Å². The SMILES string of the molecule is Cc1ccc(C(F)(F)F)cc1NC1=NC(C)CS1. The average Bonchev–Trinajstić information content (AvgIpc) is 2.66. The van der Waals surface area contributed by atoms with Crippen LogP contribution in [-0.2, 0) is 6.18 Å². The van der Waals surface area contributed by atoms with Gasteiger partial charge < -0.3 is 5.32 Å². The van der Waals surface area contributed by atoms with Crippen LogP contribution in [0.5, 0.6) is 0 Å². The van der Waals surface area contributed by atoms with Gasteiger partial charge in [0.15, 0.2) is 5.17 Å². The smallest absolute Gasteiger partial charge is 0.335 e. The zero-order chi connectivity index (χ0) is 13.3. The second kappa shape index (κ2) is 4.84. The topological polar surface area (TPSA) is 24.4 Å². The van der Waals surface area contributed by atoms with Crippen molar-refractivity contribution in [3.8, 4) is 0 Å². The molecule has 1 atom stereocenters. The number of hydrogen-bond donors (Lipinski definition) is 1. The van der Waals surface area contributed by atoms with Crippen LogP contribution >= 0.6 is 11.8 Å². The minimum absolute atomic E-state index is 0.212. The number of aliphatic imine (C=N–C) groups is 1. The Bertz CT molecular complexity index is 483. The van der Waals surface area contributed by atoms with Gasteiger partial charge in [-0.3, -0.25) is 4.99 Å². The van der Waals surface area contributed by atoms with E-state index in [2.05, 4.69) is 10.3 Å². The summed E-state index contributed by atoms with van der Waals surface area (Å²) in [7, 11) is 0. The molecule has 18 heavy (non-hydrogen) atoms. The summed E-state index contributed by atoms with van der Waals surface area (Å²) in [5.74, 6) is 0.861. The molecule has 1 aromatic carbocycles. The molecule has 1 heterocycles. The van der Waals surface area contributed by atoms with Crippen LogP contribution in [0.25, 0.3) is 0 Å². The Labute approximate surface area is 108 Å².